The summed E-state index contributed by atoms with van der Waals surface area (Å²) in [5.41, 5.74) is 3.08. The van der Waals surface area contributed by atoms with Gasteiger partial charge in [0.25, 0.3) is 5.91 Å². The molecular weight excluding hydrogens is 642 g/mol. The molecule has 9 nitrogen and oxygen atoms in total. The van der Waals surface area contributed by atoms with Crippen molar-refractivity contribution < 1.29 is 23.4 Å². The molecule has 7 rings (SSSR count). The summed E-state index contributed by atoms with van der Waals surface area (Å²) < 4.78 is 32.1. The van der Waals surface area contributed by atoms with Crippen LogP contribution in [0.5, 0.6) is 17.2 Å². The molecule has 49 heavy (non-hydrogen) atoms. The van der Waals surface area contributed by atoms with Gasteiger partial charge >= 0.3 is 0 Å². The second kappa shape index (κ2) is 15.7. The molecule has 1 atom stereocenters. The van der Waals surface area contributed by atoms with Crippen LogP contribution in [-0.4, -0.2) is 104 Å². The van der Waals surface area contributed by atoms with Gasteiger partial charge in [0, 0.05) is 50.6 Å². The zero-order valence-electron chi connectivity index (χ0n) is 28.1. The van der Waals surface area contributed by atoms with E-state index in [2.05, 4.69) is 19.8 Å². The lowest BCUT2D eigenvalue weighted by atomic mass is 10.1. The first kappa shape index (κ1) is 33.4. The predicted molar refractivity (Wildman–Crippen MR) is 193 cm³/mol. The minimum Gasteiger partial charge on any atom is -0.494 e. The largest absolute Gasteiger partial charge is 0.494 e. The summed E-state index contributed by atoms with van der Waals surface area (Å²) in [7, 11) is 1.61. The molecule has 1 aromatic heterocycles. The Morgan fingerprint density at radius 2 is 1.59 bits per heavy atom. The number of benzene rings is 3. The highest BCUT2D eigenvalue weighted by Crippen LogP contribution is 2.38. The normalized spacial score (nSPS) is 18.0. The number of halogens is 1. The molecule has 2 fully saturated rings. The molecule has 0 aliphatic carbocycles. The third-order valence-corrected chi connectivity index (χ3v) is 10.7. The van der Waals surface area contributed by atoms with Crippen molar-refractivity contribution in [3.05, 3.63) is 66.0 Å². The number of fused-ring (bicyclic) bond motifs is 3. The van der Waals surface area contributed by atoms with E-state index in [4.69, 9.17) is 14.2 Å². The van der Waals surface area contributed by atoms with Crippen LogP contribution in [0, 0.1) is 5.82 Å². The smallest absolute Gasteiger partial charge is 0.256 e. The number of aliphatic imine (C=N–C) groups is 1. The molecule has 3 aromatic carbocycles. The molecule has 0 unspecified atom stereocenters. The Kier molecular flexibility index (Phi) is 10.7. The van der Waals surface area contributed by atoms with Gasteiger partial charge in [0.2, 0.25) is 0 Å². The Balaban J connectivity index is 0.761. The van der Waals surface area contributed by atoms with E-state index < -0.39 is 0 Å². The number of carbonyl (C=O) groups is 1. The number of hydrogen-bond donors (Lipinski definition) is 0. The van der Waals surface area contributed by atoms with Gasteiger partial charge in [0.05, 0.1) is 47.8 Å². The zero-order chi connectivity index (χ0) is 33.6. The van der Waals surface area contributed by atoms with Crippen LogP contribution in [0.1, 0.15) is 48.9 Å². The number of thiazole rings is 1. The fourth-order valence-electron chi connectivity index (χ4n) is 6.82. The molecule has 4 heterocycles. The number of piperazine rings is 1. The number of unbranched alkanes of at least 4 members (excludes halogenated alkanes) is 2. The van der Waals surface area contributed by atoms with Crippen molar-refractivity contribution in [1.29, 1.82) is 0 Å². The van der Waals surface area contributed by atoms with Crippen molar-refractivity contribution in [3.8, 4) is 27.8 Å². The third kappa shape index (κ3) is 8.06. The van der Waals surface area contributed by atoms with Crippen LogP contribution in [0.4, 0.5) is 10.1 Å². The minimum absolute atomic E-state index is 0.0236. The van der Waals surface area contributed by atoms with Gasteiger partial charge in [-0.05, 0) is 100 Å². The summed E-state index contributed by atoms with van der Waals surface area (Å²) in [5, 5.41) is 0.884. The van der Waals surface area contributed by atoms with E-state index in [1.807, 2.05) is 41.4 Å². The summed E-state index contributed by atoms with van der Waals surface area (Å²) in [6, 6.07) is 16.4. The van der Waals surface area contributed by atoms with Crippen LogP contribution in [-0.2, 0) is 0 Å². The quantitative estimate of drug-likeness (QED) is 0.132. The van der Waals surface area contributed by atoms with Gasteiger partial charge in [-0.2, -0.15) is 0 Å². The molecule has 2 saturated heterocycles. The summed E-state index contributed by atoms with van der Waals surface area (Å²) in [5.74, 6) is 1.87. The molecule has 258 valence electrons. The first-order chi connectivity index (χ1) is 24.0. The van der Waals surface area contributed by atoms with Gasteiger partial charge in [-0.3, -0.25) is 9.79 Å². The van der Waals surface area contributed by atoms with Crippen molar-refractivity contribution >= 4 is 39.4 Å². The van der Waals surface area contributed by atoms with Crippen molar-refractivity contribution in [2.24, 2.45) is 4.99 Å². The van der Waals surface area contributed by atoms with E-state index >= 15 is 0 Å². The molecule has 3 aliphatic rings. The maximum absolute atomic E-state index is 13.5. The standard InChI is InChI=1S/C38H44FN5O4S/c1-46-34-24-31-33(40-26-29-7-6-16-44(29)38(31)45)25-35(34)48-22-5-3-15-43-19-17-42(18-20-43)14-2-4-21-47-30-11-8-27(9-12-30)37-41-32-13-10-28(39)23-36(32)49-37/h8-13,23-26,29H,2-7,14-22H2,1H3/t29-/m0/s1. The summed E-state index contributed by atoms with van der Waals surface area (Å²) in [4.78, 5) is 29.4. The molecule has 0 radical (unpaired) electrons. The Hall–Kier alpha value is -4.06. The van der Waals surface area contributed by atoms with Gasteiger partial charge in [-0.1, -0.05) is 0 Å². The molecular formula is C38H44FN5O4S. The number of amides is 1. The molecule has 4 aromatic rings. The fraction of sp³-hybridized carbons (Fsp3) is 0.447. The van der Waals surface area contributed by atoms with Gasteiger partial charge in [0.1, 0.15) is 16.6 Å². The van der Waals surface area contributed by atoms with Gasteiger partial charge < -0.3 is 28.9 Å². The molecule has 3 aliphatic heterocycles. The van der Waals surface area contributed by atoms with Crippen molar-refractivity contribution in [3.63, 3.8) is 0 Å². The molecule has 0 N–H and O–H groups in total. The molecule has 1 amide bonds. The van der Waals surface area contributed by atoms with Crippen LogP contribution in [0.3, 0.4) is 0 Å². The summed E-state index contributed by atoms with van der Waals surface area (Å²) >= 11 is 1.50. The van der Waals surface area contributed by atoms with Gasteiger partial charge in [0.15, 0.2) is 11.5 Å². The van der Waals surface area contributed by atoms with Crippen LogP contribution in [0.15, 0.2) is 59.6 Å². The summed E-state index contributed by atoms with van der Waals surface area (Å²) in [6.45, 7) is 8.62. The van der Waals surface area contributed by atoms with E-state index in [0.29, 0.717) is 36.0 Å². The monoisotopic (exact) mass is 685 g/mol. The number of methoxy groups -OCH3 is 1. The predicted octanol–water partition coefficient (Wildman–Crippen LogP) is 7.07. The van der Waals surface area contributed by atoms with Crippen LogP contribution in [0.25, 0.3) is 20.8 Å². The van der Waals surface area contributed by atoms with Gasteiger partial charge in [-0.15, -0.1) is 11.3 Å². The number of rotatable bonds is 14. The van der Waals surface area contributed by atoms with Crippen molar-refractivity contribution in [2.45, 2.75) is 44.6 Å². The van der Waals surface area contributed by atoms with Gasteiger partial charge in [-0.25, -0.2) is 9.37 Å². The van der Waals surface area contributed by atoms with E-state index in [-0.39, 0.29) is 17.8 Å². The Bertz CT molecular complexity index is 1770. The number of aromatic nitrogens is 1. The highest BCUT2D eigenvalue weighted by Gasteiger charge is 2.32. The lowest BCUT2D eigenvalue weighted by molar-refractivity contribution is 0.0774. The first-order valence-electron chi connectivity index (χ1n) is 17.5. The maximum Gasteiger partial charge on any atom is 0.256 e. The third-order valence-electron chi connectivity index (χ3n) is 9.64. The maximum atomic E-state index is 13.5. The average Bonchev–Trinajstić information content (AvgIpc) is 3.75. The Morgan fingerprint density at radius 1 is 0.857 bits per heavy atom. The van der Waals surface area contributed by atoms with E-state index in [0.717, 1.165) is 111 Å². The van der Waals surface area contributed by atoms with Crippen molar-refractivity contribution in [2.75, 3.05) is 66.1 Å². The highest BCUT2D eigenvalue weighted by molar-refractivity contribution is 7.21. The van der Waals surface area contributed by atoms with E-state index in [1.54, 1.807) is 19.2 Å². The fourth-order valence-corrected chi connectivity index (χ4v) is 7.82. The van der Waals surface area contributed by atoms with Crippen LogP contribution >= 0.6 is 11.3 Å². The first-order valence-corrected chi connectivity index (χ1v) is 18.3. The highest BCUT2D eigenvalue weighted by atomic mass is 32.1. The molecule has 11 heteroatoms. The Labute approximate surface area is 291 Å². The van der Waals surface area contributed by atoms with E-state index in [1.165, 1.54) is 23.5 Å². The number of ether oxygens (including phenoxy) is 3. The number of hydrogen-bond acceptors (Lipinski definition) is 9. The zero-order valence-corrected chi connectivity index (χ0v) is 28.9. The minimum atomic E-state index is -0.236. The second-order valence-corrected chi connectivity index (χ2v) is 14.0. The average molecular weight is 686 g/mol. The van der Waals surface area contributed by atoms with E-state index in [9.17, 15) is 9.18 Å². The summed E-state index contributed by atoms with van der Waals surface area (Å²) in [6.07, 6.45) is 8.03. The van der Waals surface area contributed by atoms with Crippen LogP contribution in [0.2, 0.25) is 0 Å². The molecule has 0 saturated carbocycles. The SMILES string of the molecule is COc1cc2c(cc1OCCCCN1CCN(CCCCOc3ccc(-c4nc5ccc(F)cc5s4)cc3)CC1)N=C[C@@H]1CCCN1C2=O. The lowest BCUT2D eigenvalue weighted by Gasteiger charge is -2.34. The topological polar surface area (TPSA) is 79.7 Å². The molecule has 0 spiro atoms. The Morgan fingerprint density at radius 3 is 2.33 bits per heavy atom. The lowest BCUT2D eigenvalue weighted by Crippen LogP contribution is -2.46. The second-order valence-electron chi connectivity index (χ2n) is 13.0. The number of nitrogens with zero attached hydrogens (tertiary/aromatic N) is 5. The molecule has 0 bridgehead atoms. The van der Waals surface area contributed by atoms with Crippen molar-refractivity contribution in [1.82, 2.24) is 19.7 Å². The van der Waals surface area contributed by atoms with Crippen LogP contribution < -0.4 is 14.2 Å². The number of carbonyl (C=O) groups excluding carboxylic acids is 1.